The van der Waals surface area contributed by atoms with Gasteiger partial charge in [-0.05, 0) is 43.2 Å². The number of alkyl halides is 2. The first kappa shape index (κ1) is 16.7. The van der Waals surface area contributed by atoms with Crippen LogP contribution < -0.4 is 15.4 Å². The van der Waals surface area contributed by atoms with Gasteiger partial charge in [-0.3, -0.25) is 5.32 Å². The average Bonchev–Trinajstić information content (AvgIpc) is 2.49. The van der Waals surface area contributed by atoms with Crippen molar-refractivity contribution >= 4 is 11.8 Å². The van der Waals surface area contributed by atoms with Crippen molar-refractivity contribution in [2.24, 2.45) is 0 Å². The highest BCUT2D eigenvalue weighted by molar-refractivity contribution is 5.89. The zero-order valence-corrected chi connectivity index (χ0v) is 12.7. The molecule has 1 heterocycles. The first-order valence-corrected chi connectivity index (χ1v) is 6.99. The number of urea groups is 1. The van der Waals surface area contributed by atoms with Crippen molar-refractivity contribution in [3.05, 3.63) is 53.7 Å². The van der Waals surface area contributed by atoms with E-state index >= 15 is 0 Å². The molecule has 1 aromatic heterocycles. The number of nitrogens with zero attached hydrogens (tertiary/aromatic N) is 1. The van der Waals surface area contributed by atoms with Crippen LogP contribution in [0, 0.1) is 6.92 Å². The highest BCUT2D eigenvalue weighted by atomic mass is 19.3. The molecule has 0 aliphatic heterocycles. The molecule has 5 nitrogen and oxygen atoms in total. The molecule has 0 aliphatic carbocycles. The Bertz CT molecular complexity index is 663. The summed E-state index contributed by atoms with van der Waals surface area (Å²) in [4.78, 5) is 16.1. The molecule has 0 spiro atoms. The number of amides is 2. The number of pyridine rings is 1. The van der Waals surface area contributed by atoms with E-state index in [1.807, 2.05) is 13.0 Å². The summed E-state index contributed by atoms with van der Waals surface area (Å²) in [6.45, 7) is 0.769. The molecular weight excluding hydrogens is 304 g/mol. The molecule has 0 saturated heterocycles. The molecular formula is C16H17F2N3O2. The van der Waals surface area contributed by atoms with Gasteiger partial charge in [0.15, 0.2) is 0 Å². The minimum atomic E-state index is -2.86. The van der Waals surface area contributed by atoms with E-state index in [0.29, 0.717) is 5.82 Å². The fourth-order valence-electron chi connectivity index (χ4n) is 1.98. The van der Waals surface area contributed by atoms with Crippen LogP contribution in [0.1, 0.15) is 24.1 Å². The molecule has 0 saturated carbocycles. The van der Waals surface area contributed by atoms with Crippen LogP contribution in [0.5, 0.6) is 5.75 Å². The van der Waals surface area contributed by atoms with Gasteiger partial charge in [0.25, 0.3) is 0 Å². The number of aromatic nitrogens is 1. The Kier molecular flexibility index (Phi) is 5.46. The number of carbonyl (C=O) groups excluding carboxylic acids is 1. The van der Waals surface area contributed by atoms with Crippen LogP contribution >= 0.6 is 0 Å². The van der Waals surface area contributed by atoms with E-state index in [4.69, 9.17) is 0 Å². The first-order chi connectivity index (χ1) is 11.0. The topological polar surface area (TPSA) is 63.2 Å². The summed E-state index contributed by atoms with van der Waals surface area (Å²) >= 11 is 0. The van der Waals surface area contributed by atoms with Crippen LogP contribution in [0.25, 0.3) is 0 Å². The second kappa shape index (κ2) is 7.53. The summed E-state index contributed by atoms with van der Waals surface area (Å²) in [6.07, 6.45) is 1.59. The minimum Gasteiger partial charge on any atom is -0.435 e. The quantitative estimate of drug-likeness (QED) is 0.878. The maximum absolute atomic E-state index is 12.1. The van der Waals surface area contributed by atoms with Gasteiger partial charge in [-0.2, -0.15) is 8.78 Å². The Morgan fingerprint density at radius 2 is 1.91 bits per heavy atom. The molecule has 0 aliphatic rings. The number of hydrogen-bond donors (Lipinski definition) is 2. The second-order valence-corrected chi connectivity index (χ2v) is 4.94. The molecule has 2 amide bonds. The SMILES string of the molecule is Cc1cccnc1NC(=O)N[C@@H](C)c1ccc(OC(F)F)cc1. The number of hydrogen-bond acceptors (Lipinski definition) is 3. The Morgan fingerprint density at radius 1 is 1.22 bits per heavy atom. The van der Waals surface area contributed by atoms with Crippen molar-refractivity contribution in [1.29, 1.82) is 0 Å². The van der Waals surface area contributed by atoms with Crippen LogP contribution in [-0.4, -0.2) is 17.6 Å². The molecule has 0 unspecified atom stereocenters. The third-order valence-corrected chi connectivity index (χ3v) is 3.19. The van der Waals surface area contributed by atoms with Gasteiger partial charge in [0.05, 0.1) is 6.04 Å². The zero-order valence-electron chi connectivity index (χ0n) is 12.7. The van der Waals surface area contributed by atoms with Gasteiger partial charge in [-0.25, -0.2) is 9.78 Å². The second-order valence-electron chi connectivity index (χ2n) is 4.94. The van der Waals surface area contributed by atoms with E-state index in [0.717, 1.165) is 11.1 Å². The minimum absolute atomic E-state index is 0.0736. The fraction of sp³-hybridized carbons (Fsp3) is 0.250. The fourth-order valence-corrected chi connectivity index (χ4v) is 1.98. The normalized spacial score (nSPS) is 11.9. The summed E-state index contributed by atoms with van der Waals surface area (Å²) in [5.74, 6) is 0.558. The lowest BCUT2D eigenvalue weighted by Gasteiger charge is -2.16. The first-order valence-electron chi connectivity index (χ1n) is 6.99. The third-order valence-electron chi connectivity index (χ3n) is 3.19. The van der Waals surface area contributed by atoms with E-state index in [1.165, 1.54) is 12.1 Å². The Morgan fingerprint density at radius 3 is 2.52 bits per heavy atom. The summed E-state index contributed by atoms with van der Waals surface area (Å²) in [7, 11) is 0. The van der Waals surface area contributed by atoms with Crippen LogP contribution in [0.4, 0.5) is 19.4 Å². The van der Waals surface area contributed by atoms with Crippen LogP contribution in [0.3, 0.4) is 0 Å². The molecule has 0 fully saturated rings. The van der Waals surface area contributed by atoms with Gasteiger partial charge in [0.1, 0.15) is 11.6 Å². The number of anilines is 1. The predicted molar refractivity (Wildman–Crippen MR) is 82.6 cm³/mol. The van der Waals surface area contributed by atoms with Gasteiger partial charge in [0.2, 0.25) is 0 Å². The maximum Gasteiger partial charge on any atom is 0.387 e. The van der Waals surface area contributed by atoms with Crippen molar-refractivity contribution in [1.82, 2.24) is 10.3 Å². The average molecular weight is 321 g/mol. The van der Waals surface area contributed by atoms with E-state index in [9.17, 15) is 13.6 Å². The van der Waals surface area contributed by atoms with Crippen molar-refractivity contribution in [2.75, 3.05) is 5.32 Å². The molecule has 1 aromatic carbocycles. The molecule has 7 heteroatoms. The molecule has 2 aromatic rings. The lowest BCUT2D eigenvalue weighted by atomic mass is 10.1. The Labute approximate surface area is 132 Å². The van der Waals surface area contributed by atoms with E-state index in [2.05, 4.69) is 20.4 Å². The van der Waals surface area contributed by atoms with Crippen molar-refractivity contribution in [2.45, 2.75) is 26.5 Å². The summed E-state index contributed by atoms with van der Waals surface area (Å²) in [6, 6.07) is 9.02. The smallest absolute Gasteiger partial charge is 0.387 e. The highest BCUT2D eigenvalue weighted by Gasteiger charge is 2.11. The van der Waals surface area contributed by atoms with Crippen molar-refractivity contribution in [3.63, 3.8) is 0 Å². The van der Waals surface area contributed by atoms with Gasteiger partial charge in [-0.15, -0.1) is 0 Å². The molecule has 23 heavy (non-hydrogen) atoms. The van der Waals surface area contributed by atoms with Crippen molar-refractivity contribution < 1.29 is 18.3 Å². The van der Waals surface area contributed by atoms with Gasteiger partial charge in [0, 0.05) is 6.20 Å². The number of nitrogens with one attached hydrogen (secondary N) is 2. The lowest BCUT2D eigenvalue weighted by Crippen LogP contribution is -2.31. The number of rotatable bonds is 5. The summed E-state index contributed by atoms with van der Waals surface area (Å²) < 4.78 is 28.5. The number of aryl methyl sites for hydroxylation is 1. The standard InChI is InChI=1S/C16H17F2N3O2/c1-10-4-3-9-19-14(10)21-16(22)20-11(2)12-5-7-13(8-6-12)23-15(17)18/h3-9,11,15H,1-2H3,(H2,19,20,21,22)/t11-/m0/s1. The largest absolute Gasteiger partial charge is 0.435 e. The molecule has 0 bridgehead atoms. The zero-order chi connectivity index (χ0) is 16.8. The number of halogens is 2. The number of carbonyl (C=O) groups is 1. The highest BCUT2D eigenvalue weighted by Crippen LogP contribution is 2.19. The van der Waals surface area contributed by atoms with Gasteiger partial charge < -0.3 is 10.1 Å². The molecule has 0 radical (unpaired) electrons. The Balaban J connectivity index is 1.94. The van der Waals surface area contributed by atoms with Crippen LogP contribution in [0.15, 0.2) is 42.6 Å². The predicted octanol–water partition coefficient (Wildman–Crippen LogP) is 3.87. The summed E-state index contributed by atoms with van der Waals surface area (Å²) in [5.41, 5.74) is 1.61. The number of benzene rings is 1. The van der Waals surface area contributed by atoms with Gasteiger partial charge in [-0.1, -0.05) is 18.2 Å². The van der Waals surface area contributed by atoms with E-state index < -0.39 is 12.6 Å². The molecule has 1 atom stereocenters. The molecule has 2 rings (SSSR count). The van der Waals surface area contributed by atoms with E-state index in [1.54, 1.807) is 31.3 Å². The number of ether oxygens (including phenoxy) is 1. The Hall–Kier alpha value is -2.70. The molecule has 122 valence electrons. The van der Waals surface area contributed by atoms with Crippen molar-refractivity contribution in [3.8, 4) is 5.75 Å². The van der Waals surface area contributed by atoms with Crippen LogP contribution in [-0.2, 0) is 0 Å². The van der Waals surface area contributed by atoms with E-state index in [-0.39, 0.29) is 11.8 Å². The van der Waals surface area contributed by atoms with Crippen LogP contribution in [0.2, 0.25) is 0 Å². The molecule has 2 N–H and O–H groups in total. The third kappa shape index (κ3) is 4.91. The lowest BCUT2D eigenvalue weighted by molar-refractivity contribution is -0.0498. The monoisotopic (exact) mass is 321 g/mol. The summed E-state index contributed by atoms with van der Waals surface area (Å²) in [5, 5.41) is 5.42. The maximum atomic E-state index is 12.1. The van der Waals surface area contributed by atoms with Gasteiger partial charge >= 0.3 is 12.6 Å².